The summed E-state index contributed by atoms with van der Waals surface area (Å²) in [5.41, 5.74) is 5.40. The Morgan fingerprint density at radius 2 is 1.85 bits per heavy atom. The molecule has 1 N–H and O–H groups in total. The third kappa shape index (κ3) is 5.23. The van der Waals surface area contributed by atoms with Crippen LogP contribution in [0.25, 0.3) is 0 Å². The number of aryl methyl sites for hydroxylation is 1. The number of hydrogen-bond donors (Lipinski definition) is 1. The maximum absolute atomic E-state index is 10.4. The van der Waals surface area contributed by atoms with Gasteiger partial charge in [0, 0.05) is 19.6 Å². The summed E-state index contributed by atoms with van der Waals surface area (Å²) < 4.78 is 5.82. The second kappa shape index (κ2) is 9.40. The Balaban J connectivity index is 0.00000243. The first-order valence-electron chi connectivity index (χ1n) is 9.23. The van der Waals surface area contributed by atoms with Gasteiger partial charge in [0.05, 0.1) is 0 Å². The zero-order chi connectivity index (χ0) is 17.8. The number of nitrogens with zero attached hydrogens (tertiary/aromatic N) is 1. The molecule has 0 saturated carbocycles. The predicted octanol–water partition coefficient (Wildman–Crippen LogP) is 4.34. The van der Waals surface area contributed by atoms with E-state index in [1.807, 2.05) is 6.07 Å². The second-order valence-electron chi connectivity index (χ2n) is 7.39. The molecule has 1 aliphatic heterocycles. The van der Waals surface area contributed by atoms with Crippen LogP contribution in [0.2, 0.25) is 0 Å². The van der Waals surface area contributed by atoms with Crippen LogP contribution >= 0.6 is 12.4 Å². The highest BCUT2D eigenvalue weighted by molar-refractivity contribution is 5.85. The van der Waals surface area contributed by atoms with Gasteiger partial charge >= 0.3 is 0 Å². The third-order valence-electron chi connectivity index (χ3n) is 4.98. The van der Waals surface area contributed by atoms with Crippen molar-refractivity contribution in [3.63, 3.8) is 0 Å². The molecule has 0 radical (unpaired) electrons. The molecule has 142 valence electrons. The Kier molecular flexibility index (Phi) is 7.51. The van der Waals surface area contributed by atoms with Crippen LogP contribution in [0.4, 0.5) is 0 Å². The summed E-state index contributed by atoms with van der Waals surface area (Å²) >= 11 is 0. The van der Waals surface area contributed by atoms with Crippen molar-refractivity contribution in [3.8, 4) is 5.75 Å². The van der Waals surface area contributed by atoms with Crippen molar-refractivity contribution in [1.29, 1.82) is 0 Å². The van der Waals surface area contributed by atoms with E-state index in [2.05, 4.69) is 62.1 Å². The van der Waals surface area contributed by atoms with E-state index in [9.17, 15) is 5.11 Å². The lowest BCUT2D eigenvalue weighted by Gasteiger charge is -2.30. The quantitative estimate of drug-likeness (QED) is 0.815. The number of β-amino-alcohol motifs (C(OH)–C–C–N with tert-alkyl or cyclic N) is 1. The lowest BCUT2D eigenvalue weighted by molar-refractivity contribution is 0.0637. The highest BCUT2D eigenvalue weighted by Gasteiger charge is 2.18. The Morgan fingerprint density at radius 3 is 2.54 bits per heavy atom. The van der Waals surface area contributed by atoms with Crippen LogP contribution in [0.3, 0.4) is 0 Å². The monoisotopic (exact) mass is 375 g/mol. The molecule has 0 amide bonds. The van der Waals surface area contributed by atoms with E-state index in [0.29, 0.717) is 19.1 Å². The molecular formula is C22H30ClNO2. The summed E-state index contributed by atoms with van der Waals surface area (Å²) in [6.07, 6.45) is 0.579. The third-order valence-corrected chi connectivity index (χ3v) is 4.98. The van der Waals surface area contributed by atoms with Crippen LogP contribution < -0.4 is 4.74 Å². The van der Waals surface area contributed by atoms with Gasteiger partial charge in [-0.1, -0.05) is 44.2 Å². The van der Waals surface area contributed by atoms with E-state index in [0.717, 1.165) is 25.3 Å². The number of rotatable bonds is 6. The minimum absolute atomic E-state index is 0. The van der Waals surface area contributed by atoms with E-state index in [-0.39, 0.29) is 12.4 Å². The molecule has 0 spiro atoms. The molecule has 1 atom stereocenters. The number of ether oxygens (including phenoxy) is 1. The summed E-state index contributed by atoms with van der Waals surface area (Å²) in [6.45, 7) is 9.40. The molecule has 3 nitrogen and oxygen atoms in total. The highest BCUT2D eigenvalue weighted by atomic mass is 35.5. The smallest absolute Gasteiger partial charge is 0.119 e. The van der Waals surface area contributed by atoms with E-state index >= 15 is 0 Å². The molecule has 1 heterocycles. The van der Waals surface area contributed by atoms with Gasteiger partial charge < -0.3 is 9.84 Å². The van der Waals surface area contributed by atoms with Crippen molar-refractivity contribution in [2.45, 2.75) is 45.8 Å². The standard InChI is InChI=1S/C22H29NO2.ClH/c1-16(2)22-9-8-21(12-17(22)3)25-15-20(24)14-23-11-10-18-6-4-5-7-19(18)13-23;/h4-9,12,16,20,24H,10-11,13-15H2,1-3H3;1H. The normalized spacial score (nSPS) is 15.3. The van der Waals surface area contributed by atoms with Crippen molar-refractivity contribution in [2.24, 2.45) is 0 Å². The maximum Gasteiger partial charge on any atom is 0.119 e. The van der Waals surface area contributed by atoms with Gasteiger partial charge in [-0.2, -0.15) is 0 Å². The average Bonchev–Trinajstić information content (AvgIpc) is 2.59. The van der Waals surface area contributed by atoms with Crippen LogP contribution in [0, 0.1) is 6.92 Å². The largest absolute Gasteiger partial charge is 0.491 e. The van der Waals surface area contributed by atoms with Gasteiger partial charge in [0.1, 0.15) is 18.5 Å². The Bertz CT molecular complexity index is 717. The lowest BCUT2D eigenvalue weighted by atomic mass is 9.98. The van der Waals surface area contributed by atoms with Gasteiger partial charge in [0.2, 0.25) is 0 Å². The van der Waals surface area contributed by atoms with E-state index in [1.165, 1.54) is 22.3 Å². The molecule has 3 rings (SSSR count). The molecule has 0 fully saturated rings. The first kappa shape index (κ1) is 20.8. The zero-order valence-electron chi connectivity index (χ0n) is 15.9. The molecule has 0 aromatic heterocycles. The minimum atomic E-state index is -0.477. The molecule has 0 aliphatic carbocycles. The van der Waals surface area contributed by atoms with Crippen LogP contribution in [0.1, 0.15) is 42.0 Å². The number of fused-ring (bicyclic) bond motifs is 1. The number of aliphatic hydroxyl groups excluding tert-OH is 1. The number of aliphatic hydroxyl groups is 1. The summed E-state index contributed by atoms with van der Waals surface area (Å²) in [7, 11) is 0. The molecule has 1 aliphatic rings. The topological polar surface area (TPSA) is 32.7 Å². The van der Waals surface area contributed by atoms with Crippen LogP contribution in [-0.4, -0.2) is 35.8 Å². The summed E-state index contributed by atoms with van der Waals surface area (Å²) in [5, 5.41) is 10.4. The van der Waals surface area contributed by atoms with Gasteiger partial charge in [-0.3, -0.25) is 4.90 Å². The molecule has 4 heteroatoms. The molecule has 2 aromatic rings. The molecule has 26 heavy (non-hydrogen) atoms. The van der Waals surface area contributed by atoms with Crippen molar-refractivity contribution in [3.05, 3.63) is 64.7 Å². The van der Waals surface area contributed by atoms with Crippen LogP contribution in [-0.2, 0) is 13.0 Å². The van der Waals surface area contributed by atoms with Crippen LogP contribution in [0.5, 0.6) is 5.75 Å². The molecule has 2 aromatic carbocycles. The van der Waals surface area contributed by atoms with Gasteiger partial charge in [0.15, 0.2) is 0 Å². The number of hydrogen-bond acceptors (Lipinski definition) is 3. The number of halogens is 1. The first-order valence-corrected chi connectivity index (χ1v) is 9.23. The summed E-state index contributed by atoms with van der Waals surface area (Å²) in [4.78, 5) is 2.31. The molecule has 0 bridgehead atoms. The first-order chi connectivity index (χ1) is 12.0. The highest BCUT2D eigenvalue weighted by Crippen LogP contribution is 2.24. The molecular weight excluding hydrogens is 346 g/mol. The SMILES string of the molecule is Cc1cc(OCC(O)CN2CCc3ccccc3C2)ccc1C(C)C.Cl. The Morgan fingerprint density at radius 1 is 1.12 bits per heavy atom. The Hall–Kier alpha value is -1.55. The Labute approximate surface area is 163 Å². The zero-order valence-corrected chi connectivity index (χ0v) is 16.8. The van der Waals surface area contributed by atoms with Crippen molar-refractivity contribution >= 4 is 12.4 Å². The van der Waals surface area contributed by atoms with Crippen molar-refractivity contribution in [2.75, 3.05) is 19.7 Å². The van der Waals surface area contributed by atoms with E-state index in [4.69, 9.17) is 4.74 Å². The van der Waals surface area contributed by atoms with Crippen LogP contribution in [0.15, 0.2) is 42.5 Å². The second-order valence-corrected chi connectivity index (χ2v) is 7.39. The molecule has 0 saturated heterocycles. The van der Waals surface area contributed by atoms with Gasteiger partial charge in [0.25, 0.3) is 0 Å². The van der Waals surface area contributed by atoms with Crippen molar-refractivity contribution in [1.82, 2.24) is 4.90 Å². The average molecular weight is 376 g/mol. The fraction of sp³-hybridized carbons (Fsp3) is 0.455. The summed E-state index contributed by atoms with van der Waals surface area (Å²) in [6, 6.07) is 14.8. The number of benzene rings is 2. The minimum Gasteiger partial charge on any atom is -0.491 e. The van der Waals surface area contributed by atoms with Gasteiger partial charge in [-0.25, -0.2) is 0 Å². The van der Waals surface area contributed by atoms with Gasteiger partial charge in [-0.15, -0.1) is 12.4 Å². The fourth-order valence-electron chi connectivity index (χ4n) is 3.64. The summed E-state index contributed by atoms with van der Waals surface area (Å²) in [5.74, 6) is 1.35. The fourth-order valence-corrected chi connectivity index (χ4v) is 3.64. The lowest BCUT2D eigenvalue weighted by Crippen LogP contribution is -2.38. The predicted molar refractivity (Wildman–Crippen MR) is 109 cm³/mol. The van der Waals surface area contributed by atoms with Crippen molar-refractivity contribution < 1.29 is 9.84 Å². The molecule has 1 unspecified atom stereocenters. The maximum atomic E-state index is 10.4. The van der Waals surface area contributed by atoms with E-state index in [1.54, 1.807) is 0 Å². The van der Waals surface area contributed by atoms with Gasteiger partial charge in [-0.05, 0) is 53.6 Å². The van der Waals surface area contributed by atoms with E-state index < -0.39 is 6.10 Å².